The van der Waals surface area contributed by atoms with E-state index in [0.717, 1.165) is 6.20 Å². The maximum Gasteiger partial charge on any atom is 0.266 e. The molecular formula is C7H7ClF2N2. The van der Waals surface area contributed by atoms with Crippen LogP contribution in [0.5, 0.6) is 0 Å². The minimum Gasteiger partial charge on any atom is -0.397 e. The number of nitrogens with two attached hydrogens (primary N) is 1. The number of hydrogen-bond donors (Lipinski definition) is 1. The summed E-state index contributed by atoms with van der Waals surface area (Å²) in [6, 6.07) is 0. The van der Waals surface area contributed by atoms with Crippen molar-refractivity contribution >= 4 is 17.3 Å². The summed E-state index contributed by atoms with van der Waals surface area (Å²) < 4.78 is 24.6. The molecule has 1 aromatic heterocycles. The summed E-state index contributed by atoms with van der Waals surface area (Å²) in [7, 11) is 0. The van der Waals surface area contributed by atoms with Crippen molar-refractivity contribution < 1.29 is 8.78 Å². The van der Waals surface area contributed by atoms with Crippen LogP contribution in [0.1, 0.15) is 17.6 Å². The van der Waals surface area contributed by atoms with Crippen molar-refractivity contribution in [3.05, 3.63) is 22.5 Å². The summed E-state index contributed by atoms with van der Waals surface area (Å²) in [5, 5.41) is 0.0690. The van der Waals surface area contributed by atoms with Gasteiger partial charge < -0.3 is 5.73 Å². The summed E-state index contributed by atoms with van der Waals surface area (Å²) in [6.07, 6.45) is -1.47. The SMILES string of the molecule is Cc1c(Cl)ncc(N)c1C(F)F. The van der Waals surface area contributed by atoms with Gasteiger partial charge in [-0.15, -0.1) is 0 Å². The van der Waals surface area contributed by atoms with Gasteiger partial charge >= 0.3 is 0 Å². The molecule has 0 aliphatic heterocycles. The van der Waals surface area contributed by atoms with Crippen LogP contribution in [0.4, 0.5) is 14.5 Å². The fraction of sp³-hybridized carbons (Fsp3) is 0.286. The molecule has 0 aromatic carbocycles. The number of aromatic nitrogens is 1. The quantitative estimate of drug-likeness (QED) is 0.695. The monoisotopic (exact) mass is 192 g/mol. The van der Waals surface area contributed by atoms with Crippen molar-refractivity contribution in [1.82, 2.24) is 4.98 Å². The molecule has 1 heterocycles. The van der Waals surface area contributed by atoms with Crippen LogP contribution in [0.15, 0.2) is 6.20 Å². The van der Waals surface area contributed by atoms with E-state index >= 15 is 0 Å². The molecule has 5 heteroatoms. The standard InChI is InChI=1S/C7H7ClF2N2/c1-3-5(7(9)10)4(11)2-12-6(3)8/h2,7H,11H2,1H3. The third kappa shape index (κ3) is 1.48. The Bertz CT molecular complexity index is 302. The van der Waals surface area contributed by atoms with Gasteiger partial charge in [-0.3, -0.25) is 0 Å². The van der Waals surface area contributed by atoms with Crippen LogP contribution >= 0.6 is 11.6 Å². The molecule has 0 aliphatic rings. The lowest BCUT2D eigenvalue weighted by Crippen LogP contribution is -2.00. The van der Waals surface area contributed by atoms with E-state index in [1.54, 1.807) is 0 Å². The second kappa shape index (κ2) is 3.23. The van der Waals surface area contributed by atoms with Gasteiger partial charge in [0, 0.05) is 5.56 Å². The summed E-state index contributed by atoms with van der Waals surface area (Å²) in [6.45, 7) is 1.47. The van der Waals surface area contributed by atoms with Crippen molar-refractivity contribution in [3.63, 3.8) is 0 Å². The Hall–Kier alpha value is -0.900. The molecule has 0 amide bonds. The van der Waals surface area contributed by atoms with Gasteiger partial charge in [-0.2, -0.15) is 0 Å². The van der Waals surface area contributed by atoms with Crippen molar-refractivity contribution in [2.24, 2.45) is 0 Å². The topological polar surface area (TPSA) is 38.9 Å². The van der Waals surface area contributed by atoms with Crippen LogP contribution < -0.4 is 5.73 Å². The zero-order chi connectivity index (χ0) is 9.30. The van der Waals surface area contributed by atoms with Crippen LogP contribution in [0, 0.1) is 6.92 Å². The van der Waals surface area contributed by atoms with Gasteiger partial charge in [0.05, 0.1) is 11.9 Å². The number of hydrogen-bond acceptors (Lipinski definition) is 2. The number of anilines is 1. The van der Waals surface area contributed by atoms with Gasteiger partial charge in [0.1, 0.15) is 5.15 Å². The molecule has 1 rings (SSSR count). The number of rotatable bonds is 1. The van der Waals surface area contributed by atoms with E-state index < -0.39 is 6.43 Å². The Balaban J connectivity index is 3.33. The minimum absolute atomic E-state index is 0.0214. The fourth-order valence-corrected chi connectivity index (χ4v) is 1.06. The van der Waals surface area contributed by atoms with Gasteiger partial charge in [-0.05, 0) is 12.5 Å². The largest absolute Gasteiger partial charge is 0.397 e. The highest BCUT2D eigenvalue weighted by molar-refractivity contribution is 6.30. The molecule has 0 spiro atoms. The summed E-state index contributed by atoms with van der Waals surface area (Å²) in [4.78, 5) is 3.63. The lowest BCUT2D eigenvalue weighted by atomic mass is 10.1. The van der Waals surface area contributed by atoms with Crippen LogP contribution in [0.3, 0.4) is 0 Å². The van der Waals surface area contributed by atoms with E-state index in [1.807, 2.05) is 0 Å². The maximum absolute atomic E-state index is 12.3. The molecule has 0 atom stereocenters. The average molecular weight is 193 g/mol. The van der Waals surface area contributed by atoms with Crippen molar-refractivity contribution in [3.8, 4) is 0 Å². The summed E-state index contributed by atoms with van der Waals surface area (Å²) in [5.74, 6) is 0. The summed E-state index contributed by atoms with van der Waals surface area (Å²) in [5.41, 5.74) is 5.28. The zero-order valence-electron chi connectivity index (χ0n) is 6.31. The minimum atomic E-state index is -2.61. The van der Waals surface area contributed by atoms with E-state index in [0.29, 0.717) is 0 Å². The Morgan fingerprint density at radius 2 is 2.17 bits per heavy atom. The third-order valence-electron chi connectivity index (χ3n) is 1.56. The zero-order valence-corrected chi connectivity index (χ0v) is 7.07. The predicted molar refractivity (Wildman–Crippen MR) is 43.4 cm³/mol. The van der Waals surface area contributed by atoms with Gasteiger partial charge in [0.15, 0.2) is 0 Å². The number of nitrogens with zero attached hydrogens (tertiary/aromatic N) is 1. The van der Waals surface area contributed by atoms with E-state index in [2.05, 4.69) is 4.98 Å². The molecule has 0 saturated heterocycles. The first-order chi connectivity index (χ1) is 5.54. The Morgan fingerprint density at radius 3 is 2.58 bits per heavy atom. The molecule has 0 bridgehead atoms. The van der Waals surface area contributed by atoms with E-state index in [9.17, 15) is 8.78 Å². The lowest BCUT2D eigenvalue weighted by Gasteiger charge is -2.08. The highest BCUT2D eigenvalue weighted by Gasteiger charge is 2.16. The van der Waals surface area contributed by atoms with Gasteiger partial charge in [-0.1, -0.05) is 11.6 Å². The molecule has 1 aromatic rings. The Morgan fingerprint density at radius 1 is 1.58 bits per heavy atom. The maximum atomic E-state index is 12.3. The molecule has 0 saturated carbocycles. The van der Waals surface area contributed by atoms with Crippen molar-refractivity contribution in [2.45, 2.75) is 13.3 Å². The average Bonchev–Trinajstić information content (AvgIpc) is 1.97. The van der Waals surface area contributed by atoms with Gasteiger partial charge in [-0.25, -0.2) is 13.8 Å². The first-order valence-corrected chi connectivity index (χ1v) is 3.60. The molecular weight excluding hydrogens is 186 g/mol. The molecule has 0 radical (unpaired) electrons. The molecule has 0 fully saturated rings. The molecule has 2 nitrogen and oxygen atoms in total. The highest BCUT2D eigenvalue weighted by atomic mass is 35.5. The van der Waals surface area contributed by atoms with Crippen LogP contribution in [-0.2, 0) is 0 Å². The van der Waals surface area contributed by atoms with Crippen LogP contribution in [0.25, 0.3) is 0 Å². The van der Waals surface area contributed by atoms with Crippen LogP contribution in [-0.4, -0.2) is 4.98 Å². The Labute approximate surface area is 73.4 Å². The number of alkyl halides is 2. The number of pyridine rings is 1. The lowest BCUT2D eigenvalue weighted by molar-refractivity contribution is 0.151. The first kappa shape index (κ1) is 9.19. The second-order valence-corrected chi connectivity index (χ2v) is 2.70. The van der Waals surface area contributed by atoms with Gasteiger partial charge in [0.2, 0.25) is 0 Å². The molecule has 66 valence electrons. The molecule has 2 N–H and O–H groups in total. The second-order valence-electron chi connectivity index (χ2n) is 2.34. The predicted octanol–water partition coefficient (Wildman–Crippen LogP) is 2.56. The molecule has 0 unspecified atom stereocenters. The number of nitrogen functional groups attached to an aromatic ring is 1. The number of halogens is 3. The summed E-state index contributed by atoms with van der Waals surface area (Å²) >= 11 is 5.53. The van der Waals surface area contributed by atoms with Crippen molar-refractivity contribution in [1.29, 1.82) is 0 Å². The third-order valence-corrected chi connectivity index (χ3v) is 1.94. The smallest absolute Gasteiger partial charge is 0.266 e. The molecule has 12 heavy (non-hydrogen) atoms. The van der Waals surface area contributed by atoms with E-state index in [-0.39, 0.29) is 22.0 Å². The van der Waals surface area contributed by atoms with E-state index in [1.165, 1.54) is 6.92 Å². The fourth-order valence-electron chi connectivity index (χ4n) is 0.910. The van der Waals surface area contributed by atoms with E-state index in [4.69, 9.17) is 17.3 Å². The Kier molecular flexibility index (Phi) is 2.47. The molecule has 0 aliphatic carbocycles. The van der Waals surface area contributed by atoms with Crippen LogP contribution in [0.2, 0.25) is 5.15 Å². The van der Waals surface area contributed by atoms with Gasteiger partial charge in [0.25, 0.3) is 6.43 Å². The van der Waals surface area contributed by atoms with Crippen molar-refractivity contribution in [2.75, 3.05) is 5.73 Å². The highest BCUT2D eigenvalue weighted by Crippen LogP contribution is 2.30. The normalized spacial score (nSPS) is 10.8. The first-order valence-electron chi connectivity index (χ1n) is 3.22.